The molecule has 0 aliphatic rings. The number of benzene rings is 1. The van der Waals surface area contributed by atoms with Gasteiger partial charge in [0.05, 0.1) is 12.6 Å². The normalized spacial score (nSPS) is 13.6. The van der Waals surface area contributed by atoms with Crippen LogP contribution in [-0.4, -0.2) is 25.3 Å². The van der Waals surface area contributed by atoms with Crippen LogP contribution < -0.4 is 5.32 Å². The summed E-state index contributed by atoms with van der Waals surface area (Å²) in [5, 5.41) is 3.12. The summed E-state index contributed by atoms with van der Waals surface area (Å²) in [6.07, 6.45) is 0. The predicted molar refractivity (Wildman–Crippen MR) is 72.5 cm³/mol. The van der Waals surface area contributed by atoms with Crippen molar-refractivity contribution in [2.45, 2.75) is 30.3 Å². The number of ether oxygens (including phenoxy) is 1. The molecule has 1 aromatic carbocycles. The third kappa shape index (κ3) is 5.74. The Kier molecular flexibility index (Phi) is 6.00. The van der Waals surface area contributed by atoms with Crippen molar-refractivity contribution in [2.24, 2.45) is 5.92 Å². The van der Waals surface area contributed by atoms with Crippen molar-refractivity contribution < 1.29 is 17.9 Å². The molecule has 0 radical (unpaired) electrons. The van der Waals surface area contributed by atoms with Gasteiger partial charge in [-0.3, -0.25) is 0 Å². The minimum absolute atomic E-state index is 0.0278. The lowest BCUT2D eigenvalue weighted by atomic mass is 10.1. The number of methoxy groups -OCH3 is 1. The van der Waals surface area contributed by atoms with Gasteiger partial charge in [-0.2, -0.15) is 13.2 Å². The minimum atomic E-state index is -4.29. The van der Waals surface area contributed by atoms with E-state index in [4.69, 9.17) is 4.74 Å². The monoisotopic (exact) mass is 293 g/mol. The molecule has 0 amide bonds. The third-order valence-electron chi connectivity index (χ3n) is 2.60. The SMILES string of the molecule is COCC(Nc1ccccc1SC(F)(F)F)C(C)C. The number of halogens is 3. The smallest absolute Gasteiger partial charge is 0.383 e. The van der Waals surface area contributed by atoms with Crippen molar-refractivity contribution in [3.8, 4) is 0 Å². The summed E-state index contributed by atoms with van der Waals surface area (Å²) in [6.45, 7) is 4.44. The van der Waals surface area contributed by atoms with Gasteiger partial charge in [-0.05, 0) is 29.8 Å². The molecule has 0 heterocycles. The molecule has 0 aromatic heterocycles. The Morgan fingerprint density at radius 1 is 1.26 bits per heavy atom. The van der Waals surface area contributed by atoms with Crippen molar-refractivity contribution in [3.05, 3.63) is 24.3 Å². The Balaban J connectivity index is 2.87. The topological polar surface area (TPSA) is 21.3 Å². The van der Waals surface area contributed by atoms with Crippen molar-refractivity contribution >= 4 is 17.4 Å². The quantitative estimate of drug-likeness (QED) is 0.786. The van der Waals surface area contributed by atoms with Crippen molar-refractivity contribution in [1.82, 2.24) is 0 Å². The Hall–Kier alpha value is -0.880. The second kappa shape index (κ2) is 7.05. The van der Waals surface area contributed by atoms with Crippen LogP contribution in [0.3, 0.4) is 0 Å². The van der Waals surface area contributed by atoms with Crippen molar-refractivity contribution in [3.63, 3.8) is 0 Å². The molecule has 19 heavy (non-hydrogen) atoms. The molecule has 1 unspecified atom stereocenters. The number of hydrogen-bond acceptors (Lipinski definition) is 3. The van der Waals surface area contributed by atoms with E-state index in [1.165, 1.54) is 6.07 Å². The van der Waals surface area contributed by atoms with Crippen LogP contribution >= 0.6 is 11.8 Å². The molecule has 0 saturated heterocycles. The van der Waals surface area contributed by atoms with Crippen molar-refractivity contribution in [2.75, 3.05) is 19.0 Å². The van der Waals surface area contributed by atoms with E-state index >= 15 is 0 Å². The molecule has 2 nitrogen and oxygen atoms in total. The molecule has 1 aromatic rings. The average Bonchev–Trinajstić information content (AvgIpc) is 2.28. The summed E-state index contributed by atoms with van der Waals surface area (Å²) < 4.78 is 42.5. The highest BCUT2D eigenvalue weighted by Crippen LogP contribution is 2.40. The van der Waals surface area contributed by atoms with E-state index in [0.29, 0.717) is 12.3 Å². The maximum absolute atomic E-state index is 12.5. The number of nitrogens with one attached hydrogen (secondary N) is 1. The molecular weight excluding hydrogens is 275 g/mol. The summed E-state index contributed by atoms with van der Waals surface area (Å²) in [7, 11) is 1.58. The molecule has 6 heteroatoms. The predicted octanol–water partition coefficient (Wildman–Crippen LogP) is 4.38. The van der Waals surface area contributed by atoms with Crippen LogP contribution in [0.5, 0.6) is 0 Å². The largest absolute Gasteiger partial charge is 0.446 e. The first-order valence-corrected chi connectivity index (χ1v) is 6.75. The van der Waals surface area contributed by atoms with Crippen LogP contribution in [0.25, 0.3) is 0 Å². The van der Waals surface area contributed by atoms with E-state index in [0.717, 1.165) is 0 Å². The van der Waals surface area contributed by atoms with Crippen LogP contribution in [0, 0.1) is 5.92 Å². The van der Waals surface area contributed by atoms with E-state index in [2.05, 4.69) is 5.32 Å². The highest BCUT2D eigenvalue weighted by molar-refractivity contribution is 8.00. The molecule has 0 aliphatic carbocycles. The maximum Gasteiger partial charge on any atom is 0.446 e. The number of rotatable bonds is 6. The van der Waals surface area contributed by atoms with E-state index < -0.39 is 5.51 Å². The lowest BCUT2D eigenvalue weighted by Gasteiger charge is -2.24. The van der Waals surface area contributed by atoms with Crippen LogP contribution in [0.15, 0.2) is 29.2 Å². The lowest BCUT2D eigenvalue weighted by Crippen LogP contribution is -2.30. The molecule has 108 valence electrons. The number of para-hydroxylation sites is 1. The summed E-state index contributed by atoms with van der Waals surface area (Å²) in [6, 6.07) is 6.40. The lowest BCUT2D eigenvalue weighted by molar-refractivity contribution is -0.0327. The first-order valence-electron chi connectivity index (χ1n) is 5.93. The summed E-state index contributed by atoms with van der Waals surface area (Å²) in [5.74, 6) is 0.254. The molecule has 0 spiro atoms. The van der Waals surface area contributed by atoms with E-state index in [1.807, 2.05) is 13.8 Å². The van der Waals surface area contributed by atoms with Gasteiger partial charge in [-0.15, -0.1) is 0 Å². The molecule has 0 bridgehead atoms. The van der Waals surface area contributed by atoms with Crippen molar-refractivity contribution in [1.29, 1.82) is 0 Å². The minimum Gasteiger partial charge on any atom is -0.383 e. The Morgan fingerprint density at radius 2 is 1.89 bits per heavy atom. The first kappa shape index (κ1) is 16.2. The third-order valence-corrected chi connectivity index (χ3v) is 3.41. The van der Waals surface area contributed by atoms with E-state index in [1.54, 1.807) is 25.3 Å². The molecule has 1 N–H and O–H groups in total. The van der Waals surface area contributed by atoms with Gasteiger partial charge >= 0.3 is 5.51 Å². The molecule has 0 aliphatic heterocycles. The molecule has 0 fully saturated rings. The van der Waals surface area contributed by atoms with Gasteiger partial charge in [-0.25, -0.2) is 0 Å². The number of alkyl halides is 3. The second-order valence-electron chi connectivity index (χ2n) is 4.49. The first-order chi connectivity index (χ1) is 8.83. The number of thioether (sulfide) groups is 1. The van der Waals surface area contributed by atoms with Gasteiger partial charge in [-0.1, -0.05) is 26.0 Å². The van der Waals surface area contributed by atoms with Gasteiger partial charge in [0.2, 0.25) is 0 Å². The van der Waals surface area contributed by atoms with Gasteiger partial charge in [0.15, 0.2) is 0 Å². The summed E-state index contributed by atoms with van der Waals surface area (Å²) >= 11 is -0.104. The van der Waals surface area contributed by atoms with E-state index in [-0.39, 0.29) is 28.6 Å². The Morgan fingerprint density at radius 3 is 2.42 bits per heavy atom. The van der Waals surface area contributed by atoms with Gasteiger partial charge < -0.3 is 10.1 Å². The summed E-state index contributed by atoms with van der Waals surface area (Å²) in [5.41, 5.74) is -3.80. The number of hydrogen-bond donors (Lipinski definition) is 1. The van der Waals surface area contributed by atoms with E-state index in [9.17, 15) is 13.2 Å². The Labute approximate surface area is 115 Å². The van der Waals surface area contributed by atoms with Crippen LogP contribution in [0.4, 0.5) is 18.9 Å². The highest BCUT2D eigenvalue weighted by atomic mass is 32.2. The Bertz CT molecular complexity index is 396. The standard InChI is InChI=1S/C13H18F3NOS/c1-9(2)11(8-18-3)17-10-6-4-5-7-12(10)19-13(14,15)16/h4-7,9,11,17H,8H2,1-3H3. The fraction of sp³-hybridized carbons (Fsp3) is 0.538. The van der Waals surface area contributed by atoms with Crippen LogP contribution in [0.2, 0.25) is 0 Å². The zero-order chi connectivity index (χ0) is 14.5. The van der Waals surface area contributed by atoms with Gasteiger partial charge in [0.25, 0.3) is 0 Å². The molecule has 1 atom stereocenters. The molecule has 1 rings (SSSR count). The van der Waals surface area contributed by atoms with Gasteiger partial charge in [0.1, 0.15) is 0 Å². The molecular formula is C13H18F3NOS. The number of anilines is 1. The average molecular weight is 293 g/mol. The summed E-state index contributed by atoms with van der Waals surface area (Å²) in [4.78, 5) is 0.178. The van der Waals surface area contributed by atoms with Crippen LogP contribution in [-0.2, 0) is 4.74 Å². The maximum atomic E-state index is 12.5. The fourth-order valence-corrected chi connectivity index (χ4v) is 2.21. The zero-order valence-corrected chi connectivity index (χ0v) is 11.9. The fourth-order valence-electron chi connectivity index (χ4n) is 1.58. The molecule has 0 saturated carbocycles. The van der Waals surface area contributed by atoms with Crippen LogP contribution in [0.1, 0.15) is 13.8 Å². The highest BCUT2D eigenvalue weighted by Gasteiger charge is 2.30. The second-order valence-corrected chi connectivity index (χ2v) is 5.60. The van der Waals surface area contributed by atoms with Gasteiger partial charge in [0, 0.05) is 17.7 Å². The zero-order valence-electron chi connectivity index (χ0n) is 11.1.